The largest absolute Gasteiger partial charge is 0.454 e. The summed E-state index contributed by atoms with van der Waals surface area (Å²) in [7, 11) is 0. The lowest BCUT2D eigenvalue weighted by Crippen LogP contribution is -2.65. The van der Waals surface area contributed by atoms with E-state index in [2.05, 4.69) is 34.6 Å². The number of esters is 1. The van der Waals surface area contributed by atoms with E-state index in [1.807, 2.05) is 0 Å². The first-order chi connectivity index (χ1) is 26.5. The molecule has 20 atom stereocenters. The number of aliphatic hydroxyl groups is 8. The fourth-order valence-corrected chi connectivity index (χ4v) is 14.4. The number of hydrogen-bond donors (Lipinski definition) is 8. The molecule has 0 bridgehead atoms. The lowest BCUT2D eigenvalue weighted by molar-refractivity contribution is -0.339. The number of aliphatic hydroxyl groups excluding tert-OH is 7. The summed E-state index contributed by atoms with van der Waals surface area (Å²) >= 11 is 0. The third-order valence-corrected chi connectivity index (χ3v) is 17.6. The maximum absolute atomic E-state index is 12.1. The Labute approximate surface area is 337 Å². The van der Waals surface area contributed by atoms with Gasteiger partial charge in [-0.25, -0.2) is 0 Å². The number of carbonyl (C=O) groups is 1. The van der Waals surface area contributed by atoms with Gasteiger partial charge in [-0.15, -0.1) is 0 Å². The van der Waals surface area contributed by atoms with Crippen LogP contribution in [0, 0.1) is 50.7 Å². The Bertz CT molecular complexity index is 1470. The molecule has 0 aromatic heterocycles. The first-order valence-electron chi connectivity index (χ1n) is 21.7. The predicted molar refractivity (Wildman–Crippen MR) is 204 cm³/mol. The van der Waals surface area contributed by atoms with Crippen molar-refractivity contribution in [1.29, 1.82) is 0 Å². The second kappa shape index (κ2) is 15.1. The third-order valence-electron chi connectivity index (χ3n) is 17.6. The molecule has 5 saturated carbocycles. The van der Waals surface area contributed by atoms with E-state index in [0.29, 0.717) is 31.1 Å². The number of hydrogen-bond acceptors (Lipinski definition) is 14. The molecule has 57 heavy (non-hydrogen) atoms. The highest BCUT2D eigenvalue weighted by Gasteiger charge is 2.84. The quantitative estimate of drug-likeness (QED) is 0.111. The summed E-state index contributed by atoms with van der Waals surface area (Å²) in [4.78, 5) is 12.1. The molecular formula is C43H72O14. The van der Waals surface area contributed by atoms with Gasteiger partial charge in [0, 0.05) is 6.92 Å². The second-order valence-electron chi connectivity index (χ2n) is 21.1. The van der Waals surface area contributed by atoms with Crippen molar-refractivity contribution in [2.24, 2.45) is 50.7 Å². The van der Waals surface area contributed by atoms with Crippen molar-refractivity contribution in [3.63, 3.8) is 0 Å². The molecule has 8 N–H and O–H groups in total. The normalized spacial score (nSPS) is 51.4. The van der Waals surface area contributed by atoms with E-state index < -0.39 is 97.2 Å². The van der Waals surface area contributed by atoms with Crippen molar-refractivity contribution in [3.8, 4) is 0 Å². The molecule has 2 heterocycles. The first-order valence-corrected chi connectivity index (χ1v) is 21.7. The minimum atomic E-state index is -1.58. The molecule has 0 aromatic rings. The van der Waals surface area contributed by atoms with Crippen LogP contribution in [0.3, 0.4) is 0 Å². The van der Waals surface area contributed by atoms with Crippen molar-refractivity contribution < 1.29 is 69.3 Å². The molecule has 2 aliphatic heterocycles. The van der Waals surface area contributed by atoms with Gasteiger partial charge in [-0.05, 0) is 129 Å². The average Bonchev–Trinajstić information content (AvgIpc) is 3.70. The van der Waals surface area contributed by atoms with Crippen LogP contribution in [0.15, 0.2) is 0 Å². The second-order valence-corrected chi connectivity index (χ2v) is 21.1. The van der Waals surface area contributed by atoms with E-state index in [1.165, 1.54) is 6.92 Å². The van der Waals surface area contributed by atoms with E-state index >= 15 is 0 Å². The number of rotatable bonds is 11. The van der Waals surface area contributed by atoms with E-state index in [9.17, 15) is 45.6 Å². The van der Waals surface area contributed by atoms with Crippen molar-refractivity contribution in [2.75, 3.05) is 13.2 Å². The molecule has 2 saturated heterocycles. The summed E-state index contributed by atoms with van der Waals surface area (Å²) in [5.41, 5.74) is -1.88. The van der Waals surface area contributed by atoms with Crippen molar-refractivity contribution in [3.05, 3.63) is 0 Å². The molecule has 0 unspecified atom stereocenters. The van der Waals surface area contributed by atoms with E-state index in [4.69, 9.17) is 23.7 Å². The standard InChI is InChI=1S/C43H72O14/c1-21(9-10-28(47)39(5,6)52)23-11-13-41(8)27-17-25(55-36-33(51)32(50)31(49)26(18-44)56-36)35-38(3,4)29(12-14-43(35)20-42(27,43)16-15-40(23,41)7)57-37-34(54-22(2)45)30(48)24(46)19-53-37/h21,23-37,44,46-52H,9-20H2,1-8H3/t21-,23-,24-,25+,26-,27+,28+,29+,30+,31+,32-,33-,34-,35+,36-,37+,40-,41+,42+,43-/m1/s1. The van der Waals surface area contributed by atoms with E-state index in [0.717, 1.165) is 44.9 Å². The zero-order valence-electron chi connectivity index (χ0n) is 35.3. The first kappa shape index (κ1) is 44.1. The molecule has 7 aliphatic rings. The van der Waals surface area contributed by atoms with Crippen molar-refractivity contribution >= 4 is 5.97 Å². The van der Waals surface area contributed by atoms with Gasteiger partial charge in [0.25, 0.3) is 0 Å². The molecule has 0 amide bonds. The van der Waals surface area contributed by atoms with Gasteiger partial charge in [0.2, 0.25) is 0 Å². The molecule has 14 heteroatoms. The number of fused-ring (bicyclic) bond motifs is 2. The van der Waals surface area contributed by atoms with Gasteiger partial charge in [0.15, 0.2) is 18.7 Å². The monoisotopic (exact) mass is 812 g/mol. The molecular weight excluding hydrogens is 740 g/mol. The summed E-state index contributed by atoms with van der Waals surface area (Å²) in [5, 5.41) is 85.1. The van der Waals surface area contributed by atoms with Crippen LogP contribution in [0.25, 0.3) is 0 Å². The van der Waals surface area contributed by atoms with Crippen LogP contribution in [0.1, 0.15) is 120 Å². The predicted octanol–water partition coefficient (Wildman–Crippen LogP) is 2.16. The Morgan fingerprint density at radius 1 is 0.860 bits per heavy atom. The Balaban J connectivity index is 1.21. The summed E-state index contributed by atoms with van der Waals surface area (Å²) < 4.78 is 31.0. The molecule has 0 aromatic carbocycles. The zero-order valence-corrected chi connectivity index (χ0v) is 35.3. The molecule has 7 rings (SSSR count). The van der Waals surface area contributed by atoms with Crippen LogP contribution in [-0.4, -0.2) is 139 Å². The Morgan fingerprint density at radius 2 is 1.56 bits per heavy atom. The molecule has 7 fully saturated rings. The average molecular weight is 813 g/mol. The van der Waals surface area contributed by atoms with Crippen LogP contribution >= 0.6 is 0 Å². The minimum Gasteiger partial charge on any atom is -0.454 e. The van der Waals surface area contributed by atoms with E-state index in [-0.39, 0.29) is 40.1 Å². The summed E-state index contributed by atoms with van der Waals surface area (Å²) in [6.07, 6.45) is -4.96. The SMILES string of the molecule is CC(=O)O[C@H]1[C@H](O[C@H]2CC[C@]34C[C@]35CC[C@]3(C)[C@@H]([C@H](C)CC[C@H](O)C(C)(C)O)CC[C@@]3(C)[C@@H]5C[C@H](O[C@@H]3O[C@H](CO)[C@H](O)[C@@H](O)[C@H]3O)[C@H]4C2(C)C)OC[C@@H](O)[C@@H]1O. The minimum absolute atomic E-state index is 0.0115. The summed E-state index contributed by atoms with van der Waals surface area (Å²) in [5.74, 6) is 0.297. The number of ether oxygens (including phenoxy) is 5. The lowest BCUT2D eigenvalue weighted by Gasteiger charge is -2.65. The smallest absolute Gasteiger partial charge is 0.303 e. The maximum Gasteiger partial charge on any atom is 0.303 e. The van der Waals surface area contributed by atoms with Gasteiger partial charge in [-0.1, -0.05) is 34.6 Å². The summed E-state index contributed by atoms with van der Waals surface area (Å²) in [6, 6.07) is 0. The number of carbonyl (C=O) groups excluding carboxylic acids is 1. The van der Waals surface area contributed by atoms with Crippen molar-refractivity contribution in [1.82, 2.24) is 0 Å². The maximum atomic E-state index is 12.1. The van der Waals surface area contributed by atoms with Gasteiger partial charge in [-0.2, -0.15) is 0 Å². The Morgan fingerprint density at radius 3 is 2.21 bits per heavy atom. The zero-order chi connectivity index (χ0) is 41.8. The van der Waals surface area contributed by atoms with E-state index in [1.54, 1.807) is 13.8 Å². The highest BCUT2D eigenvalue weighted by Crippen LogP contribution is 2.89. The molecule has 5 aliphatic carbocycles. The fourth-order valence-electron chi connectivity index (χ4n) is 14.4. The Kier molecular flexibility index (Phi) is 11.7. The van der Waals surface area contributed by atoms with Gasteiger partial charge >= 0.3 is 5.97 Å². The molecule has 2 spiro atoms. The molecule has 14 nitrogen and oxygen atoms in total. The highest BCUT2D eigenvalue weighted by atomic mass is 16.7. The van der Waals surface area contributed by atoms with Crippen LogP contribution < -0.4 is 0 Å². The van der Waals surface area contributed by atoms with Crippen LogP contribution in [0.2, 0.25) is 0 Å². The topological polar surface area (TPSA) is 225 Å². The fraction of sp³-hybridized carbons (Fsp3) is 0.977. The van der Waals surface area contributed by atoms with Crippen LogP contribution in [-0.2, 0) is 28.5 Å². The van der Waals surface area contributed by atoms with Gasteiger partial charge < -0.3 is 64.5 Å². The molecule has 328 valence electrons. The Hall–Kier alpha value is -1.01. The molecule has 0 radical (unpaired) electrons. The lowest BCUT2D eigenvalue weighted by atomic mass is 9.41. The van der Waals surface area contributed by atoms with Gasteiger partial charge in [0.05, 0.1) is 37.1 Å². The highest BCUT2D eigenvalue weighted by molar-refractivity contribution is 5.66. The third kappa shape index (κ3) is 6.86. The van der Waals surface area contributed by atoms with Crippen LogP contribution in [0.4, 0.5) is 0 Å². The van der Waals surface area contributed by atoms with Gasteiger partial charge in [0.1, 0.15) is 36.6 Å². The van der Waals surface area contributed by atoms with Crippen LogP contribution in [0.5, 0.6) is 0 Å². The van der Waals surface area contributed by atoms with Crippen molar-refractivity contribution in [2.45, 2.75) is 199 Å². The van der Waals surface area contributed by atoms with Gasteiger partial charge in [-0.3, -0.25) is 4.79 Å². The summed E-state index contributed by atoms with van der Waals surface area (Å²) in [6.45, 7) is 15.3.